The summed E-state index contributed by atoms with van der Waals surface area (Å²) < 4.78 is 6.88. The third-order valence-electron chi connectivity index (χ3n) is 4.64. The molecular formula is C19H25NOSi. The van der Waals surface area contributed by atoms with Crippen molar-refractivity contribution in [1.82, 2.24) is 0 Å². The molecule has 0 amide bonds. The number of fused-ring (bicyclic) bond motifs is 2. The number of hydrogen-bond acceptors (Lipinski definition) is 2. The first-order chi connectivity index (χ1) is 10.4. The second-order valence-electron chi connectivity index (χ2n) is 7.32. The third kappa shape index (κ3) is 2.24. The highest BCUT2D eigenvalue weighted by Gasteiger charge is 2.53. The number of hydrogen-bond donors (Lipinski definition) is 1. The molecule has 2 aromatic carbocycles. The van der Waals surface area contributed by atoms with Crippen LogP contribution in [-0.4, -0.2) is 14.4 Å². The van der Waals surface area contributed by atoms with Gasteiger partial charge in [0.25, 0.3) is 8.32 Å². The van der Waals surface area contributed by atoms with Gasteiger partial charge in [0.15, 0.2) is 0 Å². The number of nitrogens with two attached hydrogens (primary N) is 1. The van der Waals surface area contributed by atoms with Crippen molar-refractivity contribution in [3.63, 3.8) is 0 Å². The fourth-order valence-corrected chi connectivity index (χ4v) is 8.41. The van der Waals surface area contributed by atoms with E-state index in [2.05, 4.69) is 75.4 Å². The Morgan fingerprint density at radius 2 is 1.64 bits per heavy atom. The van der Waals surface area contributed by atoms with Crippen molar-refractivity contribution in [2.45, 2.75) is 44.9 Å². The molecule has 2 nitrogen and oxygen atoms in total. The average molecular weight is 312 g/mol. The molecule has 116 valence electrons. The van der Waals surface area contributed by atoms with Gasteiger partial charge in [0.1, 0.15) is 0 Å². The monoisotopic (exact) mass is 311 g/mol. The lowest BCUT2D eigenvalue weighted by Gasteiger charge is -2.48. The van der Waals surface area contributed by atoms with E-state index in [9.17, 15) is 0 Å². The molecule has 0 saturated heterocycles. The molecule has 0 fully saturated rings. The highest BCUT2D eigenvalue weighted by Crippen LogP contribution is 2.42. The second kappa shape index (κ2) is 5.34. The minimum Gasteiger partial charge on any atom is -0.399 e. The van der Waals surface area contributed by atoms with E-state index in [1.165, 1.54) is 15.9 Å². The lowest BCUT2D eigenvalue weighted by atomic mass is 10.0. The quantitative estimate of drug-likeness (QED) is 0.866. The molecule has 3 heteroatoms. The Balaban J connectivity index is 2.28. The Bertz CT molecular complexity index is 663. The zero-order chi connectivity index (χ0) is 16.0. The SMILES string of the molecule is CC(N)C1O[Si](c2ccccc2)(C(C)(C)C)c2cccc1c2. The van der Waals surface area contributed by atoms with Gasteiger partial charge in [-0.15, -0.1) is 0 Å². The van der Waals surface area contributed by atoms with Crippen LogP contribution < -0.4 is 16.1 Å². The van der Waals surface area contributed by atoms with Gasteiger partial charge in [-0.3, -0.25) is 0 Å². The summed E-state index contributed by atoms with van der Waals surface area (Å²) >= 11 is 0. The van der Waals surface area contributed by atoms with E-state index in [0.717, 1.165) is 0 Å². The van der Waals surface area contributed by atoms with Gasteiger partial charge in [-0.05, 0) is 27.9 Å². The van der Waals surface area contributed by atoms with E-state index in [1.54, 1.807) is 0 Å². The zero-order valence-corrected chi connectivity index (χ0v) is 14.8. The largest absolute Gasteiger partial charge is 0.399 e. The zero-order valence-electron chi connectivity index (χ0n) is 13.8. The molecule has 3 atom stereocenters. The maximum Gasteiger partial charge on any atom is 0.261 e. The van der Waals surface area contributed by atoms with Gasteiger partial charge >= 0.3 is 0 Å². The van der Waals surface area contributed by atoms with Crippen LogP contribution in [-0.2, 0) is 4.43 Å². The van der Waals surface area contributed by atoms with E-state index in [0.29, 0.717) is 0 Å². The molecule has 0 saturated carbocycles. The van der Waals surface area contributed by atoms with Crippen LogP contribution in [0.3, 0.4) is 0 Å². The fraction of sp³-hybridized carbons (Fsp3) is 0.368. The van der Waals surface area contributed by atoms with E-state index in [4.69, 9.17) is 10.2 Å². The summed E-state index contributed by atoms with van der Waals surface area (Å²) in [5.41, 5.74) is 7.45. The summed E-state index contributed by atoms with van der Waals surface area (Å²) in [5.74, 6) is 0. The molecule has 2 aromatic rings. The topological polar surface area (TPSA) is 35.2 Å². The van der Waals surface area contributed by atoms with Gasteiger partial charge in [-0.2, -0.15) is 0 Å². The van der Waals surface area contributed by atoms with E-state index < -0.39 is 8.32 Å². The predicted molar refractivity (Wildman–Crippen MR) is 95.1 cm³/mol. The number of benzene rings is 2. The first-order valence-electron chi connectivity index (χ1n) is 7.95. The van der Waals surface area contributed by atoms with Crippen molar-refractivity contribution < 1.29 is 4.43 Å². The maximum atomic E-state index is 6.88. The molecule has 3 rings (SSSR count). The molecular weight excluding hydrogens is 286 g/mol. The average Bonchev–Trinajstić information content (AvgIpc) is 2.47. The highest BCUT2D eigenvalue weighted by molar-refractivity contribution is 6.99. The van der Waals surface area contributed by atoms with Crippen LogP contribution in [0.25, 0.3) is 0 Å². The van der Waals surface area contributed by atoms with Gasteiger partial charge in [0, 0.05) is 6.04 Å². The lowest BCUT2D eigenvalue weighted by Crippen LogP contribution is -2.69. The lowest BCUT2D eigenvalue weighted by molar-refractivity contribution is 0.163. The maximum absolute atomic E-state index is 6.88. The van der Waals surface area contributed by atoms with Gasteiger partial charge in [0.2, 0.25) is 0 Å². The first kappa shape index (κ1) is 15.5. The van der Waals surface area contributed by atoms with Crippen molar-refractivity contribution in [3.05, 3.63) is 60.2 Å². The Kier molecular flexibility index (Phi) is 3.75. The Morgan fingerprint density at radius 3 is 2.23 bits per heavy atom. The number of rotatable bonds is 2. The fourth-order valence-electron chi connectivity index (χ4n) is 3.62. The molecule has 0 radical (unpaired) electrons. The normalized spacial score (nSPS) is 25.8. The van der Waals surface area contributed by atoms with Crippen LogP contribution in [0.2, 0.25) is 5.04 Å². The summed E-state index contributed by atoms with van der Waals surface area (Å²) in [6.07, 6.45) is -0.0280. The van der Waals surface area contributed by atoms with E-state index in [1.807, 2.05) is 6.92 Å². The van der Waals surface area contributed by atoms with Gasteiger partial charge in [-0.1, -0.05) is 75.4 Å². The molecule has 0 aliphatic carbocycles. The minimum atomic E-state index is -2.35. The molecule has 2 bridgehead atoms. The second-order valence-corrected chi connectivity index (χ2v) is 11.6. The molecule has 2 N–H and O–H groups in total. The van der Waals surface area contributed by atoms with Crippen LogP contribution in [0.4, 0.5) is 0 Å². The molecule has 1 aliphatic rings. The van der Waals surface area contributed by atoms with E-state index >= 15 is 0 Å². The summed E-state index contributed by atoms with van der Waals surface area (Å²) in [6, 6.07) is 19.5. The van der Waals surface area contributed by atoms with Crippen molar-refractivity contribution in [2.24, 2.45) is 5.73 Å². The molecule has 0 aromatic heterocycles. The van der Waals surface area contributed by atoms with Crippen LogP contribution in [0, 0.1) is 0 Å². The van der Waals surface area contributed by atoms with Crippen LogP contribution in [0.5, 0.6) is 0 Å². The first-order valence-corrected chi connectivity index (χ1v) is 9.86. The van der Waals surface area contributed by atoms with Crippen LogP contribution in [0.15, 0.2) is 54.6 Å². The third-order valence-corrected chi connectivity index (χ3v) is 9.63. The van der Waals surface area contributed by atoms with Crippen LogP contribution >= 0.6 is 0 Å². The Labute approximate surface area is 134 Å². The molecule has 0 spiro atoms. The summed E-state index contributed by atoms with van der Waals surface area (Å²) in [6.45, 7) is 8.92. The highest BCUT2D eigenvalue weighted by atomic mass is 28.4. The summed E-state index contributed by atoms with van der Waals surface area (Å²) in [5, 5.41) is 2.71. The molecule has 1 aliphatic heterocycles. The predicted octanol–water partition coefficient (Wildman–Crippen LogP) is 2.96. The van der Waals surface area contributed by atoms with Gasteiger partial charge < -0.3 is 10.2 Å². The molecule has 3 unspecified atom stereocenters. The summed E-state index contributed by atoms with van der Waals surface area (Å²) in [4.78, 5) is 0. The smallest absolute Gasteiger partial charge is 0.261 e. The molecule has 22 heavy (non-hydrogen) atoms. The van der Waals surface area contributed by atoms with Crippen molar-refractivity contribution in [1.29, 1.82) is 0 Å². The Hall–Kier alpha value is -1.42. The summed E-state index contributed by atoms with van der Waals surface area (Å²) in [7, 11) is -2.35. The standard InChI is InChI=1S/C19H25NOSi/c1-14(20)18-15-9-8-12-17(13-15)22(21-18,19(2,3)4)16-10-6-5-7-11-16/h5-14,18H,20H2,1-4H3. The minimum absolute atomic E-state index is 0.0199. The van der Waals surface area contributed by atoms with Crippen molar-refractivity contribution in [2.75, 3.05) is 0 Å². The van der Waals surface area contributed by atoms with E-state index in [-0.39, 0.29) is 17.2 Å². The van der Waals surface area contributed by atoms with Gasteiger partial charge in [-0.25, -0.2) is 0 Å². The van der Waals surface area contributed by atoms with Crippen molar-refractivity contribution >= 4 is 18.7 Å². The van der Waals surface area contributed by atoms with Crippen LogP contribution in [0.1, 0.15) is 39.4 Å². The van der Waals surface area contributed by atoms with Gasteiger partial charge in [0.05, 0.1) is 6.10 Å². The van der Waals surface area contributed by atoms with Crippen molar-refractivity contribution in [3.8, 4) is 0 Å². The molecule has 1 heterocycles. The Morgan fingerprint density at radius 1 is 1.00 bits per heavy atom.